The highest BCUT2D eigenvalue weighted by Gasteiger charge is 2.18. The molecule has 0 aliphatic heterocycles. The predicted octanol–water partition coefficient (Wildman–Crippen LogP) is 4.34. The van der Waals surface area contributed by atoms with Gasteiger partial charge in [-0.05, 0) is 38.4 Å². The van der Waals surface area contributed by atoms with Crippen LogP contribution in [-0.2, 0) is 6.54 Å². The van der Waals surface area contributed by atoms with Crippen molar-refractivity contribution in [1.82, 2.24) is 5.32 Å². The SMILES string of the molecule is CCCCN(c1cccc(F)c1CNCC)C(C)CC. The number of benzene rings is 1. The van der Waals surface area contributed by atoms with Crippen LogP contribution < -0.4 is 10.2 Å². The maximum Gasteiger partial charge on any atom is 0.129 e. The van der Waals surface area contributed by atoms with Gasteiger partial charge in [0.2, 0.25) is 0 Å². The summed E-state index contributed by atoms with van der Waals surface area (Å²) < 4.78 is 14.2. The lowest BCUT2D eigenvalue weighted by molar-refractivity contribution is 0.569. The zero-order valence-corrected chi connectivity index (χ0v) is 13.4. The Kier molecular flexibility index (Phi) is 7.60. The second-order valence-electron chi connectivity index (χ2n) is 5.32. The van der Waals surface area contributed by atoms with E-state index in [9.17, 15) is 4.39 Å². The number of halogens is 1. The fraction of sp³-hybridized carbons (Fsp3) is 0.647. The Morgan fingerprint density at radius 2 is 2.00 bits per heavy atom. The van der Waals surface area contributed by atoms with Gasteiger partial charge in [-0.3, -0.25) is 0 Å². The minimum absolute atomic E-state index is 0.103. The molecule has 1 N–H and O–H groups in total. The third kappa shape index (κ3) is 4.48. The Morgan fingerprint density at radius 3 is 2.60 bits per heavy atom. The molecule has 2 nitrogen and oxygen atoms in total. The van der Waals surface area contributed by atoms with Crippen LogP contribution in [0.3, 0.4) is 0 Å². The maximum absolute atomic E-state index is 14.2. The third-order valence-electron chi connectivity index (χ3n) is 3.83. The molecule has 0 saturated carbocycles. The number of unbranched alkanes of at least 4 members (excludes halogenated alkanes) is 1. The lowest BCUT2D eigenvalue weighted by Gasteiger charge is -2.33. The van der Waals surface area contributed by atoms with E-state index >= 15 is 0 Å². The van der Waals surface area contributed by atoms with Crippen LogP contribution in [0.4, 0.5) is 10.1 Å². The summed E-state index contributed by atoms with van der Waals surface area (Å²) in [5.41, 5.74) is 1.85. The molecule has 0 radical (unpaired) electrons. The smallest absolute Gasteiger partial charge is 0.129 e. The molecule has 0 aromatic heterocycles. The zero-order chi connectivity index (χ0) is 15.0. The first-order valence-corrected chi connectivity index (χ1v) is 7.90. The largest absolute Gasteiger partial charge is 0.368 e. The maximum atomic E-state index is 14.2. The first-order valence-electron chi connectivity index (χ1n) is 7.90. The molecule has 0 fully saturated rings. The van der Waals surface area contributed by atoms with Gasteiger partial charge in [-0.1, -0.05) is 33.3 Å². The number of nitrogens with one attached hydrogen (secondary N) is 1. The number of rotatable bonds is 9. The van der Waals surface area contributed by atoms with E-state index in [4.69, 9.17) is 0 Å². The Morgan fingerprint density at radius 1 is 1.25 bits per heavy atom. The zero-order valence-electron chi connectivity index (χ0n) is 13.4. The van der Waals surface area contributed by atoms with Crippen LogP contribution in [0.5, 0.6) is 0 Å². The van der Waals surface area contributed by atoms with Crippen molar-refractivity contribution in [3.05, 3.63) is 29.6 Å². The molecule has 0 bridgehead atoms. The van der Waals surface area contributed by atoms with Crippen molar-refractivity contribution < 1.29 is 4.39 Å². The highest BCUT2D eigenvalue weighted by molar-refractivity contribution is 5.55. The quantitative estimate of drug-likeness (QED) is 0.724. The highest BCUT2D eigenvalue weighted by atomic mass is 19.1. The van der Waals surface area contributed by atoms with Crippen molar-refractivity contribution in [2.24, 2.45) is 0 Å². The third-order valence-corrected chi connectivity index (χ3v) is 3.83. The molecule has 0 aliphatic rings. The first kappa shape index (κ1) is 17.0. The summed E-state index contributed by atoms with van der Waals surface area (Å²) in [5, 5.41) is 3.25. The highest BCUT2D eigenvalue weighted by Crippen LogP contribution is 2.26. The molecule has 114 valence electrons. The normalized spacial score (nSPS) is 12.4. The number of anilines is 1. The van der Waals surface area contributed by atoms with Gasteiger partial charge in [-0.15, -0.1) is 0 Å². The summed E-state index contributed by atoms with van der Waals surface area (Å²) in [6.07, 6.45) is 3.37. The van der Waals surface area contributed by atoms with Crippen molar-refractivity contribution in [3.8, 4) is 0 Å². The van der Waals surface area contributed by atoms with Gasteiger partial charge in [0, 0.05) is 30.4 Å². The fourth-order valence-electron chi connectivity index (χ4n) is 2.37. The Balaban J connectivity index is 3.07. The molecular weight excluding hydrogens is 251 g/mol. The Labute approximate surface area is 123 Å². The summed E-state index contributed by atoms with van der Waals surface area (Å²) >= 11 is 0. The van der Waals surface area contributed by atoms with Crippen molar-refractivity contribution in [2.75, 3.05) is 18.0 Å². The summed E-state index contributed by atoms with van der Waals surface area (Å²) in [7, 11) is 0. The van der Waals surface area contributed by atoms with E-state index < -0.39 is 0 Å². The molecule has 0 spiro atoms. The summed E-state index contributed by atoms with van der Waals surface area (Å²) in [6.45, 7) is 11.1. The molecule has 1 aromatic carbocycles. The van der Waals surface area contributed by atoms with E-state index in [0.29, 0.717) is 12.6 Å². The van der Waals surface area contributed by atoms with Crippen LogP contribution in [-0.4, -0.2) is 19.1 Å². The van der Waals surface area contributed by atoms with E-state index in [-0.39, 0.29) is 5.82 Å². The van der Waals surface area contributed by atoms with Gasteiger partial charge in [0.15, 0.2) is 0 Å². The molecule has 1 aromatic rings. The molecular formula is C17H29FN2. The first-order chi connectivity index (χ1) is 9.65. The van der Waals surface area contributed by atoms with Crippen LogP contribution in [0.15, 0.2) is 18.2 Å². The van der Waals surface area contributed by atoms with Gasteiger partial charge < -0.3 is 10.2 Å². The van der Waals surface area contributed by atoms with Gasteiger partial charge in [-0.25, -0.2) is 4.39 Å². The lowest BCUT2D eigenvalue weighted by Crippen LogP contribution is -2.35. The van der Waals surface area contributed by atoms with Crippen molar-refractivity contribution in [2.45, 2.75) is 59.5 Å². The van der Waals surface area contributed by atoms with E-state index in [0.717, 1.165) is 43.6 Å². The number of hydrogen-bond donors (Lipinski definition) is 1. The number of hydrogen-bond acceptors (Lipinski definition) is 2. The molecule has 0 heterocycles. The molecule has 1 atom stereocenters. The lowest BCUT2D eigenvalue weighted by atomic mass is 10.1. The average Bonchev–Trinajstić information content (AvgIpc) is 2.46. The fourth-order valence-corrected chi connectivity index (χ4v) is 2.37. The van der Waals surface area contributed by atoms with Gasteiger partial charge in [0.25, 0.3) is 0 Å². The van der Waals surface area contributed by atoms with E-state index in [2.05, 4.69) is 37.1 Å². The van der Waals surface area contributed by atoms with Crippen molar-refractivity contribution >= 4 is 5.69 Å². The molecule has 20 heavy (non-hydrogen) atoms. The van der Waals surface area contributed by atoms with Crippen LogP contribution in [0, 0.1) is 5.82 Å². The summed E-state index contributed by atoms with van der Waals surface area (Å²) in [5.74, 6) is -0.103. The Hall–Kier alpha value is -1.09. The standard InChI is InChI=1S/C17H29FN2/c1-5-8-12-20(14(4)6-2)17-11-9-10-16(18)15(17)13-19-7-3/h9-11,14,19H,5-8,12-13H2,1-4H3. The predicted molar refractivity (Wildman–Crippen MR) is 85.8 cm³/mol. The van der Waals surface area contributed by atoms with Gasteiger partial charge in [0.1, 0.15) is 5.82 Å². The van der Waals surface area contributed by atoms with Crippen molar-refractivity contribution in [1.29, 1.82) is 0 Å². The Bertz CT molecular complexity index is 393. The molecule has 1 unspecified atom stereocenters. The van der Waals surface area contributed by atoms with E-state index in [1.54, 1.807) is 6.07 Å². The van der Waals surface area contributed by atoms with Crippen LogP contribution >= 0.6 is 0 Å². The monoisotopic (exact) mass is 280 g/mol. The summed E-state index contributed by atoms with van der Waals surface area (Å²) in [4.78, 5) is 2.36. The van der Waals surface area contributed by atoms with Gasteiger partial charge in [0.05, 0.1) is 0 Å². The summed E-state index contributed by atoms with van der Waals surface area (Å²) in [6, 6.07) is 5.87. The van der Waals surface area contributed by atoms with E-state index in [1.165, 1.54) is 0 Å². The molecule has 1 rings (SSSR count). The topological polar surface area (TPSA) is 15.3 Å². The van der Waals surface area contributed by atoms with Gasteiger partial charge in [-0.2, -0.15) is 0 Å². The minimum atomic E-state index is -0.103. The van der Waals surface area contributed by atoms with Gasteiger partial charge >= 0.3 is 0 Å². The van der Waals surface area contributed by atoms with E-state index in [1.807, 2.05) is 13.0 Å². The molecule has 0 aliphatic carbocycles. The second-order valence-corrected chi connectivity index (χ2v) is 5.32. The average molecular weight is 280 g/mol. The molecule has 0 saturated heterocycles. The van der Waals surface area contributed by atoms with Crippen LogP contribution in [0.2, 0.25) is 0 Å². The number of nitrogens with zero attached hydrogens (tertiary/aromatic N) is 1. The minimum Gasteiger partial charge on any atom is -0.368 e. The molecule has 0 amide bonds. The van der Waals surface area contributed by atoms with Crippen LogP contribution in [0.25, 0.3) is 0 Å². The second kappa shape index (κ2) is 8.96. The van der Waals surface area contributed by atoms with Crippen molar-refractivity contribution in [3.63, 3.8) is 0 Å². The molecule has 3 heteroatoms. The van der Waals surface area contributed by atoms with Crippen LogP contribution in [0.1, 0.15) is 52.5 Å².